The molecule has 3 rings (SSSR count). The maximum absolute atomic E-state index is 12.5. The van der Waals surface area contributed by atoms with E-state index in [1.54, 1.807) is 55.0 Å². The Bertz CT molecular complexity index is 853. The van der Waals surface area contributed by atoms with Crippen LogP contribution in [0.3, 0.4) is 0 Å². The first-order chi connectivity index (χ1) is 12.2. The minimum absolute atomic E-state index is 0.109. The molecule has 0 aliphatic heterocycles. The zero-order chi connectivity index (χ0) is 17.5. The Hall–Kier alpha value is -3.61. The van der Waals surface area contributed by atoms with Crippen molar-refractivity contribution in [3.8, 4) is 0 Å². The second-order valence-corrected chi connectivity index (χ2v) is 5.15. The molecule has 0 aromatic carbocycles. The van der Waals surface area contributed by atoms with Gasteiger partial charge < -0.3 is 20.0 Å². The van der Waals surface area contributed by atoms with Gasteiger partial charge in [-0.2, -0.15) is 0 Å². The maximum atomic E-state index is 12.5. The van der Waals surface area contributed by atoms with Crippen LogP contribution >= 0.6 is 0 Å². The van der Waals surface area contributed by atoms with Crippen LogP contribution in [0.25, 0.3) is 6.08 Å². The summed E-state index contributed by atoms with van der Waals surface area (Å²) >= 11 is 0. The standard InChI is InChI=1S/C18H16N4O3/c23-17(21-12-13-5-8-19-9-6-13)15(11-14-3-1-7-20-14)22-18(24)16-4-2-10-25-16/h1-11,20H,12H2,(H,21,23)(H,22,24)/b15-11-. The third kappa shape index (κ3) is 4.44. The zero-order valence-electron chi connectivity index (χ0n) is 13.2. The van der Waals surface area contributed by atoms with Crippen LogP contribution in [0.4, 0.5) is 0 Å². The Morgan fingerprint density at radius 2 is 2.00 bits per heavy atom. The highest BCUT2D eigenvalue weighted by molar-refractivity contribution is 6.04. The monoisotopic (exact) mass is 336 g/mol. The van der Waals surface area contributed by atoms with Crippen LogP contribution in [0.5, 0.6) is 0 Å². The lowest BCUT2D eigenvalue weighted by Crippen LogP contribution is -2.34. The minimum Gasteiger partial charge on any atom is -0.459 e. The van der Waals surface area contributed by atoms with Crippen molar-refractivity contribution in [1.29, 1.82) is 0 Å². The van der Waals surface area contributed by atoms with Crippen molar-refractivity contribution in [2.24, 2.45) is 0 Å². The van der Waals surface area contributed by atoms with E-state index in [0.717, 1.165) is 5.56 Å². The summed E-state index contributed by atoms with van der Waals surface area (Å²) in [6, 6.07) is 10.3. The Morgan fingerprint density at radius 3 is 2.68 bits per heavy atom. The highest BCUT2D eigenvalue weighted by Gasteiger charge is 2.16. The van der Waals surface area contributed by atoms with Crippen LogP contribution in [0.1, 0.15) is 21.8 Å². The van der Waals surface area contributed by atoms with Crippen molar-refractivity contribution in [3.63, 3.8) is 0 Å². The van der Waals surface area contributed by atoms with Gasteiger partial charge in [-0.25, -0.2) is 0 Å². The third-order valence-electron chi connectivity index (χ3n) is 3.36. The SMILES string of the molecule is O=C(NCc1ccncc1)/C(=C/c1ccc[nH]1)NC(=O)c1ccco1. The number of aromatic nitrogens is 2. The first-order valence-electron chi connectivity index (χ1n) is 7.59. The summed E-state index contributed by atoms with van der Waals surface area (Å²) in [7, 11) is 0. The van der Waals surface area contributed by atoms with Gasteiger partial charge in [0.15, 0.2) is 5.76 Å². The molecule has 0 fully saturated rings. The predicted molar refractivity (Wildman–Crippen MR) is 91.0 cm³/mol. The lowest BCUT2D eigenvalue weighted by Gasteiger charge is -2.10. The molecule has 3 N–H and O–H groups in total. The number of hydrogen-bond donors (Lipinski definition) is 3. The van der Waals surface area contributed by atoms with Gasteiger partial charge in [0.05, 0.1) is 6.26 Å². The summed E-state index contributed by atoms with van der Waals surface area (Å²) in [5, 5.41) is 5.35. The highest BCUT2D eigenvalue weighted by Crippen LogP contribution is 2.06. The number of nitrogens with one attached hydrogen (secondary N) is 3. The molecule has 2 amide bonds. The highest BCUT2D eigenvalue weighted by atomic mass is 16.3. The molecular formula is C18H16N4O3. The largest absolute Gasteiger partial charge is 0.459 e. The lowest BCUT2D eigenvalue weighted by atomic mass is 10.2. The number of furan rings is 1. The Morgan fingerprint density at radius 1 is 1.16 bits per heavy atom. The fourth-order valence-electron chi connectivity index (χ4n) is 2.12. The van der Waals surface area contributed by atoms with Gasteiger partial charge in [-0.3, -0.25) is 14.6 Å². The van der Waals surface area contributed by atoms with Gasteiger partial charge in [-0.05, 0) is 48.0 Å². The van der Waals surface area contributed by atoms with E-state index in [9.17, 15) is 9.59 Å². The average Bonchev–Trinajstić information content (AvgIpc) is 3.33. The fourth-order valence-corrected chi connectivity index (χ4v) is 2.12. The van der Waals surface area contributed by atoms with E-state index in [-0.39, 0.29) is 11.5 Å². The zero-order valence-corrected chi connectivity index (χ0v) is 13.2. The molecule has 0 spiro atoms. The van der Waals surface area contributed by atoms with Gasteiger partial charge in [0.2, 0.25) is 0 Å². The molecule has 126 valence electrons. The number of amides is 2. The molecule has 3 heterocycles. The molecule has 0 atom stereocenters. The predicted octanol–water partition coefficient (Wildman–Crippen LogP) is 2.09. The molecule has 0 aliphatic carbocycles. The Labute approximate surface area is 143 Å². The van der Waals surface area contributed by atoms with Gasteiger partial charge in [-0.1, -0.05) is 0 Å². The molecule has 0 saturated heterocycles. The number of H-pyrrole nitrogens is 1. The van der Waals surface area contributed by atoms with E-state index in [4.69, 9.17) is 4.42 Å². The van der Waals surface area contributed by atoms with Crippen molar-refractivity contribution in [2.75, 3.05) is 0 Å². The molecule has 7 heteroatoms. The molecule has 3 aromatic heterocycles. The quantitative estimate of drug-likeness (QED) is 0.600. The summed E-state index contributed by atoms with van der Waals surface area (Å²) in [6.07, 6.45) is 7.98. The van der Waals surface area contributed by atoms with Gasteiger partial charge >= 0.3 is 0 Å². The first kappa shape index (κ1) is 16.3. The normalized spacial score (nSPS) is 11.1. The van der Waals surface area contributed by atoms with Crippen molar-refractivity contribution < 1.29 is 14.0 Å². The van der Waals surface area contributed by atoms with E-state index >= 15 is 0 Å². The molecule has 0 radical (unpaired) electrons. The number of rotatable bonds is 6. The smallest absolute Gasteiger partial charge is 0.291 e. The maximum Gasteiger partial charge on any atom is 0.291 e. The van der Waals surface area contributed by atoms with Crippen LogP contribution in [-0.4, -0.2) is 21.8 Å². The van der Waals surface area contributed by atoms with Crippen LogP contribution in [0.15, 0.2) is 71.4 Å². The van der Waals surface area contributed by atoms with Gasteiger partial charge in [-0.15, -0.1) is 0 Å². The number of hydrogen-bond acceptors (Lipinski definition) is 4. The van der Waals surface area contributed by atoms with E-state index in [2.05, 4.69) is 20.6 Å². The minimum atomic E-state index is -0.498. The summed E-state index contributed by atoms with van der Waals surface area (Å²) in [6.45, 7) is 0.319. The number of nitrogens with zero attached hydrogens (tertiary/aromatic N) is 1. The molecule has 0 unspecified atom stereocenters. The molecule has 7 nitrogen and oxygen atoms in total. The van der Waals surface area contributed by atoms with Crippen LogP contribution < -0.4 is 10.6 Å². The third-order valence-corrected chi connectivity index (χ3v) is 3.36. The van der Waals surface area contributed by atoms with Gasteiger partial charge in [0.25, 0.3) is 11.8 Å². The summed E-state index contributed by atoms with van der Waals surface area (Å²) < 4.78 is 5.05. The van der Waals surface area contributed by atoms with E-state index in [1.165, 1.54) is 12.3 Å². The molecule has 0 aliphatic rings. The van der Waals surface area contributed by atoms with E-state index in [1.807, 2.05) is 0 Å². The van der Waals surface area contributed by atoms with E-state index < -0.39 is 11.8 Å². The number of carbonyl (C=O) groups is 2. The summed E-state index contributed by atoms with van der Waals surface area (Å²) in [5.41, 5.74) is 1.70. The summed E-state index contributed by atoms with van der Waals surface area (Å²) in [4.78, 5) is 31.6. The Balaban J connectivity index is 1.73. The van der Waals surface area contributed by atoms with Crippen LogP contribution in [0.2, 0.25) is 0 Å². The van der Waals surface area contributed by atoms with Crippen molar-refractivity contribution in [2.45, 2.75) is 6.54 Å². The molecule has 25 heavy (non-hydrogen) atoms. The van der Waals surface area contributed by atoms with Crippen LogP contribution in [-0.2, 0) is 11.3 Å². The van der Waals surface area contributed by atoms with Gasteiger partial charge in [0.1, 0.15) is 5.70 Å². The average molecular weight is 336 g/mol. The fraction of sp³-hybridized carbons (Fsp3) is 0.0556. The van der Waals surface area contributed by atoms with E-state index in [0.29, 0.717) is 12.2 Å². The number of carbonyl (C=O) groups excluding carboxylic acids is 2. The lowest BCUT2D eigenvalue weighted by molar-refractivity contribution is -0.117. The topological polar surface area (TPSA) is 100 Å². The number of aromatic amines is 1. The molecule has 0 bridgehead atoms. The molecule has 0 saturated carbocycles. The number of pyridine rings is 1. The van der Waals surface area contributed by atoms with Gasteiger partial charge in [0, 0.05) is 30.8 Å². The molecular weight excluding hydrogens is 320 g/mol. The molecule has 3 aromatic rings. The van der Waals surface area contributed by atoms with Crippen molar-refractivity contribution in [1.82, 2.24) is 20.6 Å². The van der Waals surface area contributed by atoms with Crippen molar-refractivity contribution in [3.05, 3.63) is 84.0 Å². The second-order valence-electron chi connectivity index (χ2n) is 5.15. The Kier molecular flexibility index (Phi) is 5.06. The second kappa shape index (κ2) is 7.78. The van der Waals surface area contributed by atoms with Crippen LogP contribution in [0, 0.1) is 0 Å². The summed E-state index contributed by atoms with van der Waals surface area (Å²) in [5.74, 6) is -0.785. The van der Waals surface area contributed by atoms with Crippen molar-refractivity contribution >= 4 is 17.9 Å². The first-order valence-corrected chi connectivity index (χ1v) is 7.59.